The quantitative estimate of drug-likeness (QED) is 0.401. The molecule has 3 aliphatic rings. The van der Waals surface area contributed by atoms with Crippen LogP contribution in [0, 0.1) is 0 Å². The summed E-state index contributed by atoms with van der Waals surface area (Å²) in [4.78, 5) is 53.4. The van der Waals surface area contributed by atoms with Crippen LogP contribution in [0.15, 0.2) is 42.5 Å². The number of fused-ring (bicyclic) bond motifs is 1. The molecule has 2 aliphatic heterocycles. The highest BCUT2D eigenvalue weighted by molar-refractivity contribution is 6.07. The molecule has 1 atom stereocenters. The monoisotopic (exact) mass is 519 g/mol. The fourth-order valence-electron chi connectivity index (χ4n) is 5.25. The van der Waals surface area contributed by atoms with Crippen molar-refractivity contribution in [2.24, 2.45) is 0 Å². The van der Waals surface area contributed by atoms with E-state index in [-0.39, 0.29) is 36.4 Å². The van der Waals surface area contributed by atoms with Crippen LogP contribution in [0.25, 0.3) is 0 Å². The maximum Gasteiger partial charge on any atom is 0.255 e. The summed E-state index contributed by atoms with van der Waals surface area (Å²) in [6, 6.07) is 12.1. The molecule has 5 rings (SSSR count). The molecule has 1 aliphatic carbocycles. The van der Waals surface area contributed by atoms with Gasteiger partial charge in [-0.2, -0.15) is 0 Å². The van der Waals surface area contributed by atoms with E-state index in [2.05, 4.69) is 10.2 Å². The van der Waals surface area contributed by atoms with E-state index in [0.29, 0.717) is 42.8 Å². The number of Topliss-reactive ketones (excluding diaryl/α,β-unsaturated/α-hetero) is 2. The Hall–Kier alpha value is -3.56. The predicted molar refractivity (Wildman–Crippen MR) is 139 cm³/mol. The first-order chi connectivity index (χ1) is 18.5. The third-order valence-corrected chi connectivity index (χ3v) is 7.42. The van der Waals surface area contributed by atoms with Crippen molar-refractivity contribution < 1.29 is 28.7 Å². The minimum atomic E-state index is -0.557. The molecule has 1 unspecified atom stereocenters. The van der Waals surface area contributed by atoms with Crippen molar-refractivity contribution in [1.82, 2.24) is 15.1 Å². The molecular weight excluding hydrogens is 486 g/mol. The highest BCUT2D eigenvalue weighted by Crippen LogP contribution is 2.34. The van der Waals surface area contributed by atoms with Crippen LogP contribution in [0.4, 0.5) is 0 Å². The number of benzene rings is 2. The number of morpholine rings is 1. The normalized spacial score (nSPS) is 19.9. The maximum atomic E-state index is 13.0. The lowest BCUT2D eigenvalue weighted by Gasteiger charge is -2.29. The molecular formula is C29H33N3O6. The number of hydrogen-bond donors (Lipinski definition) is 1. The second-order valence-electron chi connectivity index (χ2n) is 10.0. The zero-order chi connectivity index (χ0) is 26.5. The maximum absolute atomic E-state index is 13.0. The third kappa shape index (κ3) is 5.95. The third-order valence-electron chi connectivity index (χ3n) is 7.42. The highest BCUT2D eigenvalue weighted by Gasteiger charge is 2.40. The molecule has 200 valence electrons. The minimum Gasteiger partial charge on any atom is -0.489 e. The Morgan fingerprint density at radius 3 is 2.61 bits per heavy atom. The number of nitrogens with one attached hydrogen (secondary N) is 1. The first-order valence-electron chi connectivity index (χ1n) is 13.3. The van der Waals surface area contributed by atoms with Crippen LogP contribution in [0.3, 0.4) is 0 Å². The molecule has 2 fully saturated rings. The number of ether oxygens (including phenoxy) is 2. The molecule has 0 radical (unpaired) electrons. The summed E-state index contributed by atoms with van der Waals surface area (Å²) >= 11 is 0. The Balaban J connectivity index is 1.13. The van der Waals surface area contributed by atoms with Crippen LogP contribution < -0.4 is 10.1 Å². The summed E-state index contributed by atoms with van der Waals surface area (Å²) in [5.41, 5.74) is 2.79. The average Bonchev–Trinajstić information content (AvgIpc) is 3.27. The molecule has 9 heteroatoms. The van der Waals surface area contributed by atoms with Gasteiger partial charge in [-0.15, -0.1) is 0 Å². The van der Waals surface area contributed by atoms with Crippen LogP contribution in [0.5, 0.6) is 5.75 Å². The molecule has 2 heterocycles. The zero-order valence-electron chi connectivity index (χ0n) is 21.4. The van der Waals surface area contributed by atoms with Gasteiger partial charge in [0, 0.05) is 42.7 Å². The fraction of sp³-hybridized carbons (Fsp3) is 0.448. The summed E-state index contributed by atoms with van der Waals surface area (Å²) < 4.78 is 11.4. The molecule has 1 saturated carbocycles. The number of carbonyl (C=O) groups is 4. The van der Waals surface area contributed by atoms with Gasteiger partial charge in [-0.3, -0.25) is 24.1 Å². The Kier molecular flexibility index (Phi) is 8.14. The van der Waals surface area contributed by atoms with Gasteiger partial charge in [0.25, 0.3) is 11.8 Å². The lowest BCUT2D eigenvalue weighted by Crippen LogP contribution is -2.44. The number of amides is 2. The van der Waals surface area contributed by atoms with Crippen molar-refractivity contribution in [3.05, 3.63) is 64.7 Å². The van der Waals surface area contributed by atoms with Gasteiger partial charge < -0.3 is 19.7 Å². The van der Waals surface area contributed by atoms with E-state index in [4.69, 9.17) is 9.47 Å². The molecule has 38 heavy (non-hydrogen) atoms. The average molecular weight is 520 g/mol. The molecule has 1 N–H and O–H groups in total. The van der Waals surface area contributed by atoms with Gasteiger partial charge in [0.15, 0.2) is 5.78 Å². The smallest absolute Gasteiger partial charge is 0.255 e. The Bertz CT molecular complexity index is 1210. The summed E-state index contributed by atoms with van der Waals surface area (Å²) in [5.74, 6) is 0.0499. The largest absolute Gasteiger partial charge is 0.489 e. The van der Waals surface area contributed by atoms with Crippen LogP contribution in [0.2, 0.25) is 0 Å². The van der Waals surface area contributed by atoms with Crippen molar-refractivity contribution in [2.45, 2.75) is 44.9 Å². The number of nitrogens with zero attached hydrogens (tertiary/aromatic N) is 2. The van der Waals surface area contributed by atoms with E-state index in [1.165, 1.54) is 0 Å². The summed E-state index contributed by atoms with van der Waals surface area (Å²) in [6.07, 6.45) is 1.49. The van der Waals surface area contributed by atoms with Crippen LogP contribution >= 0.6 is 0 Å². The van der Waals surface area contributed by atoms with Crippen molar-refractivity contribution in [1.29, 1.82) is 0 Å². The molecule has 2 amide bonds. The van der Waals surface area contributed by atoms with Crippen molar-refractivity contribution >= 4 is 23.4 Å². The van der Waals surface area contributed by atoms with E-state index >= 15 is 0 Å². The first kappa shape index (κ1) is 26.1. The molecule has 2 aromatic rings. The van der Waals surface area contributed by atoms with Crippen molar-refractivity contribution in [3.8, 4) is 5.75 Å². The zero-order valence-corrected chi connectivity index (χ0v) is 21.4. The number of ketones is 2. The SMILES string of the molecule is O=C1CCC(N2Cc3c(OCc4ccc(C(=O)NCCCN5CCOCC5)cc4)cccc3C2=O)C(=O)C1. The van der Waals surface area contributed by atoms with Gasteiger partial charge in [0.1, 0.15) is 18.1 Å². The Labute approximate surface area is 222 Å². The van der Waals surface area contributed by atoms with Crippen molar-refractivity contribution in [2.75, 3.05) is 39.4 Å². The van der Waals surface area contributed by atoms with Gasteiger partial charge in [-0.25, -0.2) is 0 Å². The molecule has 0 aromatic heterocycles. The van der Waals surface area contributed by atoms with E-state index in [1.54, 1.807) is 29.2 Å². The second-order valence-corrected chi connectivity index (χ2v) is 10.0. The topological polar surface area (TPSA) is 105 Å². The van der Waals surface area contributed by atoms with E-state index in [9.17, 15) is 19.2 Å². The van der Waals surface area contributed by atoms with Gasteiger partial charge in [0.2, 0.25) is 0 Å². The molecule has 1 saturated heterocycles. The molecule has 0 bridgehead atoms. The highest BCUT2D eigenvalue weighted by atomic mass is 16.5. The standard InChI is InChI=1S/C29H33N3O6/c33-22-9-10-25(26(34)17-22)32-18-24-23(29(32)36)3-1-4-27(24)38-19-20-5-7-21(8-6-20)28(35)30-11-2-12-31-13-15-37-16-14-31/h1,3-8,25H,2,9-19H2,(H,30,35). The van der Waals surface area contributed by atoms with Gasteiger partial charge >= 0.3 is 0 Å². The van der Waals surface area contributed by atoms with E-state index < -0.39 is 6.04 Å². The van der Waals surface area contributed by atoms with E-state index in [0.717, 1.165) is 50.4 Å². The van der Waals surface area contributed by atoms with E-state index in [1.807, 2.05) is 18.2 Å². The molecule has 9 nitrogen and oxygen atoms in total. The summed E-state index contributed by atoms with van der Waals surface area (Å²) in [6.45, 7) is 5.58. The minimum absolute atomic E-state index is 0.0632. The lowest BCUT2D eigenvalue weighted by molar-refractivity contribution is -0.133. The van der Waals surface area contributed by atoms with Gasteiger partial charge in [0.05, 0.1) is 32.2 Å². The van der Waals surface area contributed by atoms with Gasteiger partial charge in [-0.05, 0) is 49.2 Å². The second kappa shape index (κ2) is 11.9. The first-order valence-corrected chi connectivity index (χ1v) is 13.3. The summed E-state index contributed by atoms with van der Waals surface area (Å²) in [7, 11) is 0. The number of hydrogen-bond acceptors (Lipinski definition) is 7. The number of carbonyl (C=O) groups excluding carboxylic acids is 4. The lowest BCUT2D eigenvalue weighted by atomic mass is 9.92. The van der Waals surface area contributed by atoms with Crippen molar-refractivity contribution in [3.63, 3.8) is 0 Å². The Morgan fingerprint density at radius 2 is 1.84 bits per heavy atom. The predicted octanol–water partition coefficient (Wildman–Crippen LogP) is 2.36. The van der Waals surface area contributed by atoms with Crippen LogP contribution in [0.1, 0.15) is 57.5 Å². The molecule has 0 spiro atoms. The van der Waals surface area contributed by atoms with Crippen LogP contribution in [-0.2, 0) is 27.5 Å². The molecule has 2 aromatic carbocycles. The van der Waals surface area contributed by atoms with Crippen LogP contribution in [-0.4, -0.2) is 78.6 Å². The Morgan fingerprint density at radius 1 is 1.05 bits per heavy atom. The number of rotatable bonds is 9. The summed E-state index contributed by atoms with van der Waals surface area (Å²) in [5, 5.41) is 2.98. The fourth-order valence-corrected chi connectivity index (χ4v) is 5.25. The van der Waals surface area contributed by atoms with Gasteiger partial charge in [-0.1, -0.05) is 18.2 Å².